The molecular weight excluding hydrogens is 288 g/mol. The molecule has 5 nitrogen and oxygen atoms in total. The summed E-state index contributed by atoms with van der Waals surface area (Å²) in [4.78, 5) is 12.1. The average molecular weight is 310 g/mol. The number of carbonyl (C=O) groups is 1. The topological polar surface area (TPSA) is 89.3 Å². The molecule has 0 unspecified atom stereocenters. The van der Waals surface area contributed by atoms with Gasteiger partial charge in [0.05, 0.1) is 4.90 Å². The molecule has 0 spiro atoms. The van der Waals surface area contributed by atoms with Crippen LogP contribution < -0.4 is 10.5 Å². The molecule has 0 saturated heterocycles. The van der Waals surface area contributed by atoms with E-state index in [1.807, 2.05) is 0 Å². The maximum atomic E-state index is 12.1. The number of rotatable bonds is 4. The third-order valence-corrected chi connectivity index (χ3v) is 5.09. The van der Waals surface area contributed by atoms with Crippen LogP contribution in [0.4, 0.5) is 0 Å². The zero-order chi connectivity index (χ0) is 15.5. The van der Waals surface area contributed by atoms with E-state index in [4.69, 9.17) is 5.14 Å². The number of carbonyl (C=O) groups excluding carboxylic acids is 1. The van der Waals surface area contributed by atoms with Crippen LogP contribution in [0.25, 0.3) is 0 Å². The van der Waals surface area contributed by atoms with Crippen molar-refractivity contribution in [2.75, 3.05) is 6.54 Å². The minimum atomic E-state index is -3.80. The van der Waals surface area contributed by atoms with E-state index < -0.39 is 10.0 Å². The standard InChI is InChI=1S/C15H22N2O3S/c1-11-7-8-13(9-14(11)21(16,19)20)15(18)17-10-12-5-3-2-4-6-12/h7-9,12H,2-6,10H2,1H3,(H,17,18)(H2,16,19,20). The van der Waals surface area contributed by atoms with Gasteiger partial charge in [-0.15, -0.1) is 0 Å². The van der Waals surface area contributed by atoms with Crippen LogP contribution in [0.3, 0.4) is 0 Å². The molecule has 1 aliphatic rings. The van der Waals surface area contributed by atoms with Gasteiger partial charge in [-0.25, -0.2) is 13.6 Å². The minimum absolute atomic E-state index is 0.00724. The fraction of sp³-hybridized carbons (Fsp3) is 0.533. The van der Waals surface area contributed by atoms with Gasteiger partial charge in [0.1, 0.15) is 0 Å². The van der Waals surface area contributed by atoms with Crippen LogP contribution in [0.1, 0.15) is 48.0 Å². The summed E-state index contributed by atoms with van der Waals surface area (Å²) in [6.07, 6.45) is 6.02. The van der Waals surface area contributed by atoms with E-state index in [0.717, 1.165) is 12.8 Å². The number of nitrogens with two attached hydrogens (primary N) is 1. The van der Waals surface area contributed by atoms with Gasteiger partial charge in [-0.2, -0.15) is 0 Å². The van der Waals surface area contributed by atoms with Crippen LogP contribution in [-0.2, 0) is 10.0 Å². The molecule has 1 aromatic carbocycles. The van der Waals surface area contributed by atoms with Crippen molar-refractivity contribution in [3.05, 3.63) is 29.3 Å². The van der Waals surface area contributed by atoms with Crippen molar-refractivity contribution in [1.29, 1.82) is 0 Å². The first-order chi connectivity index (χ1) is 9.88. The predicted molar refractivity (Wildman–Crippen MR) is 81.5 cm³/mol. The van der Waals surface area contributed by atoms with Crippen molar-refractivity contribution in [3.63, 3.8) is 0 Å². The molecule has 0 aromatic heterocycles. The van der Waals surface area contributed by atoms with Crippen LogP contribution in [0.15, 0.2) is 23.1 Å². The first-order valence-corrected chi connectivity index (χ1v) is 8.84. The number of benzene rings is 1. The summed E-state index contributed by atoms with van der Waals surface area (Å²) in [5.41, 5.74) is 0.877. The van der Waals surface area contributed by atoms with E-state index >= 15 is 0 Å². The summed E-state index contributed by atoms with van der Waals surface area (Å²) in [6, 6.07) is 4.58. The van der Waals surface area contributed by atoms with Gasteiger partial charge >= 0.3 is 0 Å². The minimum Gasteiger partial charge on any atom is -0.352 e. The molecule has 21 heavy (non-hydrogen) atoms. The van der Waals surface area contributed by atoms with Crippen LogP contribution in [0, 0.1) is 12.8 Å². The Morgan fingerprint density at radius 3 is 2.57 bits per heavy atom. The van der Waals surface area contributed by atoms with Crippen molar-refractivity contribution in [3.8, 4) is 0 Å². The van der Waals surface area contributed by atoms with Crippen molar-refractivity contribution >= 4 is 15.9 Å². The highest BCUT2D eigenvalue weighted by Crippen LogP contribution is 2.23. The highest BCUT2D eigenvalue weighted by Gasteiger charge is 2.17. The molecule has 0 atom stereocenters. The lowest BCUT2D eigenvalue weighted by molar-refractivity contribution is 0.0943. The van der Waals surface area contributed by atoms with Gasteiger partial charge in [0.2, 0.25) is 10.0 Å². The molecule has 0 aliphatic heterocycles. The number of amides is 1. The second kappa shape index (κ2) is 6.58. The summed E-state index contributed by atoms with van der Waals surface area (Å²) in [6.45, 7) is 2.31. The van der Waals surface area contributed by atoms with E-state index in [1.54, 1.807) is 19.1 Å². The lowest BCUT2D eigenvalue weighted by Gasteiger charge is -2.21. The van der Waals surface area contributed by atoms with E-state index in [-0.39, 0.29) is 10.8 Å². The molecule has 1 saturated carbocycles. The number of hydrogen-bond donors (Lipinski definition) is 2. The van der Waals surface area contributed by atoms with E-state index in [1.165, 1.54) is 25.3 Å². The highest BCUT2D eigenvalue weighted by atomic mass is 32.2. The number of nitrogens with one attached hydrogen (secondary N) is 1. The number of primary sulfonamides is 1. The Kier molecular flexibility index (Phi) is 5.00. The molecule has 2 rings (SSSR count). The third-order valence-electron chi connectivity index (χ3n) is 4.03. The maximum Gasteiger partial charge on any atom is 0.251 e. The summed E-state index contributed by atoms with van der Waals surface area (Å²) in [7, 11) is -3.80. The second-order valence-corrected chi connectivity index (χ2v) is 7.27. The molecule has 0 radical (unpaired) electrons. The molecule has 1 aromatic rings. The molecule has 116 valence electrons. The zero-order valence-electron chi connectivity index (χ0n) is 12.3. The van der Waals surface area contributed by atoms with Crippen LogP contribution in [0.5, 0.6) is 0 Å². The zero-order valence-corrected chi connectivity index (χ0v) is 13.1. The molecule has 6 heteroatoms. The Morgan fingerprint density at radius 1 is 1.29 bits per heavy atom. The van der Waals surface area contributed by atoms with E-state index in [0.29, 0.717) is 23.6 Å². The highest BCUT2D eigenvalue weighted by molar-refractivity contribution is 7.89. The predicted octanol–water partition coefficient (Wildman–Crippen LogP) is 1.95. The van der Waals surface area contributed by atoms with Crippen molar-refractivity contribution < 1.29 is 13.2 Å². The maximum absolute atomic E-state index is 12.1. The summed E-state index contributed by atoms with van der Waals surface area (Å²) in [5, 5.41) is 8.05. The van der Waals surface area contributed by atoms with Gasteiger partial charge in [0, 0.05) is 12.1 Å². The Balaban J connectivity index is 2.05. The molecule has 1 fully saturated rings. The number of sulfonamides is 1. The Morgan fingerprint density at radius 2 is 1.95 bits per heavy atom. The van der Waals surface area contributed by atoms with Crippen LogP contribution in [0.2, 0.25) is 0 Å². The third kappa shape index (κ3) is 4.28. The van der Waals surface area contributed by atoms with Gasteiger partial charge in [0.15, 0.2) is 0 Å². The molecule has 1 aliphatic carbocycles. The van der Waals surface area contributed by atoms with Gasteiger partial charge in [-0.05, 0) is 43.4 Å². The SMILES string of the molecule is Cc1ccc(C(=O)NCC2CCCCC2)cc1S(N)(=O)=O. The quantitative estimate of drug-likeness (QED) is 0.890. The first-order valence-electron chi connectivity index (χ1n) is 7.29. The largest absolute Gasteiger partial charge is 0.352 e. The Labute approximate surface area is 126 Å². The van der Waals surface area contributed by atoms with E-state index in [9.17, 15) is 13.2 Å². The van der Waals surface area contributed by atoms with Gasteiger partial charge in [-0.3, -0.25) is 4.79 Å². The molecule has 1 amide bonds. The summed E-state index contributed by atoms with van der Waals surface area (Å²) < 4.78 is 23.0. The smallest absolute Gasteiger partial charge is 0.251 e. The Hall–Kier alpha value is -1.40. The van der Waals surface area contributed by atoms with Gasteiger partial charge < -0.3 is 5.32 Å². The van der Waals surface area contributed by atoms with Gasteiger partial charge in [0.25, 0.3) is 5.91 Å². The first kappa shape index (κ1) is 16.0. The lowest BCUT2D eigenvalue weighted by Crippen LogP contribution is -2.30. The molecule has 0 heterocycles. The molecule has 3 N–H and O–H groups in total. The van der Waals surface area contributed by atoms with Crippen LogP contribution >= 0.6 is 0 Å². The normalized spacial score (nSPS) is 16.7. The van der Waals surface area contributed by atoms with Gasteiger partial charge in [-0.1, -0.05) is 25.3 Å². The lowest BCUT2D eigenvalue weighted by atomic mass is 9.89. The fourth-order valence-electron chi connectivity index (χ4n) is 2.78. The Bertz CT molecular complexity index is 620. The van der Waals surface area contributed by atoms with E-state index in [2.05, 4.69) is 5.32 Å². The molecular formula is C15H22N2O3S. The fourth-order valence-corrected chi connectivity index (χ4v) is 3.59. The van der Waals surface area contributed by atoms with Crippen LogP contribution in [-0.4, -0.2) is 20.9 Å². The summed E-state index contributed by atoms with van der Waals surface area (Å²) in [5.74, 6) is 0.288. The van der Waals surface area contributed by atoms with Crippen molar-refractivity contribution in [2.24, 2.45) is 11.1 Å². The number of aryl methyl sites for hydroxylation is 1. The van der Waals surface area contributed by atoms with Crippen molar-refractivity contribution in [1.82, 2.24) is 5.32 Å². The van der Waals surface area contributed by atoms with Crippen molar-refractivity contribution in [2.45, 2.75) is 43.9 Å². The molecule has 0 bridgehead atoms. The second-order valence-electron chi connectivity index (χ2n) is 5.74. The summed E-state index contributed by atoms with van der Waals surface area (Å²) >= 11 is 0. The average Bonchev–Trinajstić information content (AvgIpc) is 2.45. The number of hydrogen-bond acceptors (Lipinski definition) is 3. The monoisotopic (exact) mass is 310 g/mol.